The van der Waals surface area contributed by atoms with Gasteiger partial charge in [-0.2, -0.15) is 0 Å². The van der Waals surface area contributed by atoms with Gasteiger partial charge in [-0.3, -0.25) is 4.90 Å². The topological polar surface area (TPSA) is 66.2 Å². The van der Waals surface area contributed by atoms with Gasteiger partial charge in [-0.05, 0) is 31.0 Å². The molecule has 2 aliphatic rings. The first-order valence-corrected chi connectivity index (χ1v) is 10.1. The van der Waals surface area contributed by atoms with Crippen LogP contribution >= 0.6 is 0 Å². The van der Waals surface area contributed by atoms with Crippen molar-refractivity contribution in [1.29, 1.82) is 0 Å². The summed E-state index contributed by atoms with van der Waals surface area (Å²) in [6, 6.07) is 6.61. The van der Waals surface area contributed by atoms with Crippen LogP contribution in [0, 0.1) is 0 Å². The molecule has 146 valence electrons. The van der Waals surface area contributed by atoms with Gasteiger partial charge in [0, 0.05) is 57.4 Å². The zero-order chi connectivity index (χ0) is 18.9. The highest BCUT2D eigenvalue weighted by Crippen LogP contribution is 2.30. The number of hydrogen-bond acceptors (Lipinski definition) is 7. The van der Waals surface area contributed by atoms with Crippen LogP contribution in [0.2, 0.25) is 0 Å². The van der Waals surface area contributed by atoms with Crippen molar-refractivity contribution in [3.05, 3.63) is 36.7 Å². The van der Waals surface area contributed by atoms with Crippen LogP contribution in [0.3, 0.4) is 0 Å². The fraction of sp³-hybridized carbons (Fsp3) is 0.500. The second kappa shape index (κ2) is 7.35. The number of anilines is 2. The highest BCUT2D eigenvalue weighted by atomic mass is 15.3. The third-order valence-corrected chi connectivity index (χ3v) is 5.91. The summed E-state index contributed by atoms with van der Waals surface area (Å²) in [6.07, 6.45) is 5.96. The Bertz CT molecular complexity index is 954. The molecule has 8 nitrogen and oxygen atoms in total. The van der Waals surface area contributed by atoms with Gasteiger partial charge < -0.3 is 14.4 Å². The molecule has 0 amide bonds. The fourth-order valence-electron chi connectivity index (χ4n) is 4.22. The molecule has 0 spiro atoms. The van der Waals surface area contributed by atoms with Gasteiger partial charge in [0.2, 0.25) is 0 Å². The SMILES string of the molecule is Cn1cnnc1CN1CCN(c2ccc3ncnc(N4CCCC4)c3c2)CC1. The number of aromatic nitrogens is 5. The second-order valence-corrected chi connectivity index (χ2v) is 7.71. The summed E-state index contributed by atoms with van der Waals surface area (Å²) in [7, 11) is 2.00. The minimum atomic E-state index is 0.856. The lowest BCUT2D eigenvalue weighted by Gasteiger charge is -2.36. The lowest BCUT2D eigenvalue weighted by Crippen LogP contribution is -2.46. The van der Waals surface area contributed by atoms with Gasteiger partial charge in [0.25, 0.3) is 0 Å². The van der Waals surface area contributed by atoms with Gasteiger partial charge in [-0.25, -0.2) is 9.97 Å². The summed E-state index contributed by atoms with van der Waals surface area (Å²) in [6.45, 7) is 7.11. The Kier molecular flexibility index (Phi) is 4.56. The van der Waals surface area contributed by atoms with E-state index in [4.69, 9.17) is 0 Å². The van der Waals surface area contributed by atoms with Crippen molar-refractivity contribution in [1.82, 2.24) is 29.6 Å². The molecule has 0 aliphatic carbocycles. The van der Waals surface area contributed by atoms with Crippen LogP contribution in [0.15, 0.2) is 30.9 Å². The Morgan fingerprint density at radius 2 is 1.75 bits per heavy atom. The number of piperazine rings is 1. The number of hydrogen-bond donors (Lipinski definition) is 0. The average molecular weight is 378 g/mol. The number of rotatable bonds is 4. The molecule has 0 bridgehead atoms. The fourth-order valence-corrected chi connectivity index (χ4v) is 4.22. The standard InChI is InChI=1S/C20H26N8/c1-25-15-23-24-19(25)13-26-8-10-27(11-9-26)16-4-5-18-17(12-16)20(22-14-21-18)28-6-2-3-7-28/h4-5,12,14-15H,2-3,6-11,13H2,1H3. The van der Waals surface area contributed by atoms with E-state index in [1.165, 1.54) is 23.9 Å². The molecule has 0 unspecified atom stereocenters. The number of aryl methyl sites for hydroxylation is 1. The molecule has 2 fully saturated rings. The summed E-state index contributed by atoms with van der Waals surface area (Å²) < 4.78 is 2.00. The molecule has 2 aliphatic heterocycles. The van der Waals surface area contributed by atoms with E-state index in [0.29, 0.717) is 0 Å². The van der Waals surface area contributed by atoms with E-state index in [2.05, 4.69) is 53.1 Å². The quantitative estimate of drug-likeness (QED) is 0.684. The van der Waals surface area contributed by atoms with E-state index in [-0.39, 0.29) is 0 Å². The van der Waals surface area contributed by atoms with E-state index in [1.807, 2.05) is 11.6 Å². The molecular weight excluding hydrogens is 352 g/mol. The molecule has 1 aromatic carbocycles. The molecule has 8 heteroatoms. The Balaban J connectivity index is 1.32. The van der Waals surface area contributed by atoms with E-state index >= 15 is 0 Å². The molecule has 4 heterocycles. The monoisotopic (exact) mass is 378 g/mol. The van der Waals surface area contributed by atoms with Crippen LogP contribution in [-0.2, 0) is 13.6 Å². The van der Waals surface area contributed by atoms with Crippen LogP contribution in [0.4, 0.5) is 11.5 Å². The van der Waals surface area contributed by atoms with E-state index in [0.717, 1.165) is 63.0 Å². The first-order chi connectivity index (χ1) is 13.8. The van der Waals surface area contributed by atoms with Crippen molar-refractivity contribution >= 4 is 22.4 Å². The van der Waals surface area contributed by atoms with Crippen molar-refractivity contribution in [2.24, 2.45) is 7.05 Å². The summed E-state index contributed by atoms with van der Waals surface area (Å²) >= 11 is 0. The molecule has 28 heavy (non-hydrogen) atoms. The Morgan fingerprint density at radius 1 is 0.929 bits per heavy atom. The van der Waals surface area contributed by atoms with Gasteiger partial charge in [0.15, 0.2) is 0 Å². The van der Waals surface area contributed by atoms with Gasteiger partial charge in [-0.1, -0.05) is 0 Å². The molecule has 0 N–H and O–H groups in total. The first-order valence-electron chi connectivity index (χ1n) is 10.1. The highest BCUT2D eigenvalue weighted by molar-refractivity contribution is 5.92. The van der Waals surface area contributed by atoms with Crippen molar-refractivity contribution in [3.8, 4) is 0 Å². The van der Waals surface area contributed by atoms with E-state index < -0.39 is 0 Å². The lowest BCUT2D eigenvalue weighted by molar-refractivity contribution is 0.241. The Hall–Kier alpha value is -2.74. The summed E-state index contributed by atoms with van der Waals surface area (Å²) in [5, 5.41) is 9.36. The molecule has 0 atom stereocenters. The predicted molar refractivity (Wildman–Crippen MR) is 109 cm³/mol. The highest BCUT2D eigenvalue weighted by Gasteiger charge is 2.21. The zero-order valence-electron chi connectivity index (χ0n) is 16.3. The predicted octanol–water partition coefficient (Wildman–Crippen LogP) is 1.68. The Labute approximate surface area is 164 Å². The maximum absolute atomic E-state index is 4.61. The summed E-state index contributed by atoms with van der Waals surface area (Å²) in [5.41, 5.74) is 2.29. The minimum Gasteiger partial charge on any atom is -0.369 e. The van der Waals surface area contributed by atoms with Crippen molar-refractivity contribution in [2.45, 2.75) is 19.4 Å². The zero-order valence-corrected chi connectivity index (χ0v) is 16.3. The molecule has 3 aromatic rings. The van der Waals surface area contributed by atoms with Crippen LogP contribution in [0.25, 0.3) is 10.9 Å². The molecular formula is C20H26N8. The molecule has 2 aromatic heterocycles. The normalized spacial score (nSPS) is 18.3. The van der Waals surface area contributed by atoms with Gasteiger partial charge in [0.05, 0.1) is 12.1 Å². The minimum absolute atomic E-state index is 0.856. The smallest absolute Gasteiger partial charge is 0.146 e. The van der Waals surface area contributed by atoms with Crippen molar-refractivity contribution < 1.29 is 0 Å². The maximum Gasteiger partial charge on any atom is 0.146 e. The van der Waals surface area contributed by atoms with Crippen LogP contribution in [0.1, 0.15) is 18.7 Å². The van der Waals surface area contributed by atoms with Crippen LogP contribution in [-0.4, -0.2) is 68.9 Å². The largest absolute Gasteiger partial charge is 0.369 e. The van der Waals surface area contributed by atoms with E-state index in [9.17, 15) is 0 Å². The molecule has 2 saturated heterocycles. The summed E-state index contributed by atoms with van der Waals surface area (Å²) in [4.78, 5) is 16.4. The summed E-state index contributed by atoms with van der Waals surface area (Å²) in [5.74, 6) is 2.11. The van der Waals surface area contributed by atoms with Crippen molar-refractivity contribution in [2.75, 3.05) is 49.1 Å². The number of nitrogens with zero attached hydrogens (tertiary/aromatic N) is 8. The first kappa shape index (κ1) is 17.4. The Morgan fingerprint density at radius 3 is 2.50 bits per heavy atom. The van der Waals surface area contributed by atoms with Crippen LogP contribution < -0.4 is 9.80 Å². The van der Waals surface area contributed by atoms with Crippen LogP contribution in [0.5, 0.6) is 0 Å². The molecule has 0 radical (unpaired) electrons. The third-order valence-electron chi connectivity index (χ3n) is 5.91. The number of benzene rings is 1. The second-order valence-electron chi connectivity index (χ2n) is 7.71. The van der Waals surface area contributed by atoms with E-state index in [1.54, 1.807) is 12.7 Å². The van der Waals surface area contributed by atoms with Gasteiger partial charge in [-0.15, -0.1) is 10.2 Å². The molecule has 0 saturated carbocycles. The van der Waals surface area contributed by atoms with Gasteiger partial charge >= 0.3 is 0 Å². The third kappa shape index (κ3) is 3.28. The molecule has 5 rings (SSSR count). The average Bonchev–Trinajstić information content (AvgIpc) is 3.40. The number of fused-ring (bicyclic) bond motifs is 1. The maximum atomic E-state index is 4.61. The lowest BCUT2D eigenvalue weighted by atomic mass is 10.1. The van der Waals surface area contributed by atoms with Gasteiger partial charge in [0.1, 0.15) is 24.3 Å². The van der Waals surface area contributed by atoms with Crippen molar-refractivity contribution in [3.63, 3.8) is 0 Å².